The third kappa shape index (κ3) is 3.62. The zero-order valence-corrected chi connectivity index (χ0v) is 9.10. The molecule has 0 saturated carbocycles. The second-order valence-electron chi connectivity index (χ2n) is 3.48. The first kappa shape index (κ1) is 12.6. The van der Waals surface area contributed by atoms with Gasteiger partial charge in [0.2, 0.25) is 0 Å². The van der Waals surface area contributed by atoms with E-state index in [1.54, 1.807) is 19.1 Å². The van der Waals surface area contributed by atoms with Crippen LogP contribution >= 0.6 is 0 Å². The average Bonchev–Trinajstić information content (AvgIpc) is 2.30. The predicted octanol–water partition coefficient (Wildman–Crippen LogP) is 2.40. The van der Waals surface area contributed by atoms with Crippen molar-refractivity contribution in [1.29, 1.82) is 0 Å². The minimum absolute atomic E-state index is 0.109. The van der Waals surface area contributed by atoms with E-state index in [0.29, 0.717) is 0 Å². The quantitative estimate of drug-likeness (QED) is 0.810. The van der Waals surface area contributed by atoms with Gasteiger partial charge in [0.05, 0.1) is 6.61 Å². The second-order valence-corrected chi connectivity index (χ2v) is 3.48. The number of carboxylic acids is 1. The number of carbonyl (C=O) groups is 1. The fourth-order valence-electron chi connectivity index (χ4n) is 1.30. The van der Waals surface area contributed by atoms with E-state index in [9.17, 15) is 9.18 Å². The van der Waals surface area contributed by atoms with Crippen LogP contribution in [0.15, 0.2) is 30.3 Å². The highest BCUT2D eigenvalue weighted by Gasteiger charge is 2.27. The van der Waals surface area contributed by atoms with Gasteiger partial charge in [-0.15, -0.1) is 0 Å². The molecule has 4 heteroatoms. The van der Waals surface area contributed by atoms with E-state index in [2.05, 4.69) is 0 Å². The second kappa shape index (κ2) is 6.23. The third-order valence-electron chi connectivity index (χ3n) is 2.23. The van der Waals surface area contributed by atoms with Crippen LogP contribution in [-0.4, -0.2) is 23.4 Å². The minimum atomic E-state index is -1.47. The Balaban J connectivity index is 2.54. The monoisotopic (exact) mass is 226 g/mol. The van der Waals surface area contributed by atoms with E-state index in [-0.39, 0.29) is 13.0 Å². The summed E-state index contributed by atoms with van der Waals surface area (Å²) in [6.07, 6.45) is -2.72. The van der Waals surface area contributed by atoms with E-state index < -0.39 is 18.2 Å². The number of benzene rings is 1. The van der Waals surface area contributed by atoms with Crippen LogP contribution in [-0.2, 0) is 16.1 Å². The van der Waals surface area contributed by atoms with Gasteiger partial charge in [-0.2, -0.15) is 0 Å². The summed E-state index contributed by atoms with van der Waals surface area (Å²) in [5.41, 5.74) is 0.831. The van der Waals surface area contributed by atoms with Gasteiger partial charge in [0.1, 0.15) is 6.17 Å². The Labute approximate surface area is 93.9 Å². The lowest BCUT2D eigenvalue weighted by atomic mass is 10.2. The first-order valence-corrected chi connectivity index (χ1v) is 5.17. The molecule has 1 aromatic rings. The lowest BCUT2D eigenvalue weighted by Crippen LogP contribution is -2.33. The first-order chi connectivity index (χ1) is 7.65. The summed E-state index contributed by atoms with van der Waals surface area (Å²) in [4.78, 5) is 10.8. The van der Waals surface area contributed by atoms with Crippen molar-refractivity contribution in [2.24, 2.45) is 0 Å². The molecular formula is C12H15FO3. The number of ether oxygens (including phenoxy) is 1. The van der Waals surface area contributed by atoms with Crippen LogP contribution in [0.3, 0.4) is 0 Å². The summed E-state index contributed by atoms with van der Waals surface area (Å²) in [7, 11) is 0. The Hall–Kier alpha value is -1.42. The Kier molecular flexibility index (Phi) is 4.92. The number of alkyl halides is 1. The molecule has 1 rings (SSSR count). The molecule has 1 N–H and O–H groups in total. The number of halogens is 1. The van der Waals surface area contributed by atoms with Crippen molar-refractivity contribution in [2.45, 2.75) is 32.2 Å². The standard InChI is InChI=1S/C12H15FO3/c1-2-10(13)11(12(14)15)16-8-9-6-4-3-5-7-9/h3-7,10-11H,2,8H2,1H3,(H,14,15). The van der Waals surface area contributed by atoms with E-state index in [0.717, 1.165) is 5.56 Å². The molecule has 0 heterocycles. The predicted molar refractivity (Wildman–Crippen MR) is 57.8 cm³/mol. The number of rotatable bonds is 6. The zero-order valence-electron chi connectivity index (χ0n) is 9.10. The zero-order chi connectivity index (χ0) is 12.0. The van der Waals surface area contributed by atoms with Crippen LogP contribution in [0.4, 0.5) is 4.39 Å². The van der Waals surface area contributed by atoms with E-state index >= 15 is 0 Å². The van der Waals surface area contributed by atoms with E-state index in [1.165, 1.54) is 0 Å². The van der Waals surface area contributed by atoms with Gasteiger partial charge in [-0.3, -0.25) is 0 Å². The van der Waals surface area contributed by atoms with Gasteiger partial charge in [0.25, 0.3) is 0 Å². The minimum Gasteiger partial charge on any atom is -0.479 e. The van der Waals surface area contributed by atoms with Crippen molar-refractivity contribution in [3.8, 4) is 0 Å². The number of carboxylic acid groups (broad SMARTS) is 1. The number of hydrogen-bond donors (Lipinski definition) is 1. The van der Waals surface area contributed by atoms with Gasteiger partial charge < -0.3 is 9.84 Å². The van der Waals surface area contributed by atoms with Gasteiger partial charge in [-0.05, 0) is 12.0 Å². The molecule has 0 bridgehead atoms. The molecular weight excluding hydrogens is 211 g/mol. The van der Waals surface area contributed by atoms with Crippen molar-refractivity contribution >= 4 is 5.97 Å². The summed E-state index contributed by atoms with van der Waals surface area (Å²) in [5.74, 6) is -1.26. The normalized spacial score (nSPS) is 14.4. The molecule has 0 amide bonds. The van der Waals surface area contributed by atoms with Gasteiger partial charge in [-0.25, -0.2) is 9.18 Å². The lowest BCUT2D eigenvalue weighted by molar-refractivity contribution is -0.156. The highest BCUT2D eigenvalue weighted by Crippen LogP contribution is 2.11. The van der Waals surface area contributed by atoms with E-state index in [4.69, 9.17) is 9.84 Å². The number of aliphatic carboxylic acids is 1. The molecule has 88 valence electrons. The van der Waals surface area contributed by atoms with Crippen molar-refractivity contribution in [3.05, 3.63) is 35.9 Å². The Morgan fingerprint density at radius 1 is 1.44 bits per heavy atom. The molecule has 0 aliphatic rings. The van der Waals surface area contributed by atoms with Gasteiger partial charge in [0.15, 0.2) is 6.10 Å². The maximum atomic E-state index is 13.2. The van der Waals surface area contributed by atoms with Crippen LogP contribution in [0.1, 0.15) is 18.9 Å². The highest BCUT2D eigenvalue weighted by molar-refractivity contribution is 5.73. The Morgan fingerprint density at radius 2 is 2.06 bits per heavy atom. The fourth-order valence-corrected chi connectivity index (χ4v) is 1.30. The van der Waals surface area contributed by atoms with Gasteiger partial charge in [0, 0.05) is 0 Å². The summed E-state index contributed by atoms with van der Waals surface area (Å²) >= 11 is 0. The van der Waals surface area contributed by atoms with Crippen LogP contribution in [0, 0.1) is 0 Å². The number of hydrogen-bond acceptors (Lipinski definition) is 2. The maximum Gasteiger partial charge on any atom is 0.335 e. The SMILES string of the molecule is CCC(F)C(OCc1ccccc1)C(=O)O. The first-order valence-electron chi connectivity index (χ1n) is 5.17. The van der Waals surface area contributed by atoms with Crippen molar-refractivity contribution in [2.75, 3.05) is 0 Å². The van der Waals surface area contributed by atoms with E-state index in [1.807, 2.05) is 18.2 Å². The largest absolute Gasteiger partial charge is 0.479 e. The Morgan fingerprint density at radius 3 is 2.56 bits per heavy atom. The highest BCUT2D eigenvalue weighted by atomic mass is 19.1. The topological polar surface area (TPSA) is 46.5 Å². The molecule has 0 radical (unpaired) electrons. The summed E-state index contributed by atoms with van der Waals surface area (Å²) < 4.78 is 18.3. The van der Waals surface area contributed by atoms with Crippen molar-refractivity contribution < 1.29 is 19.0 Å². The fraction of sp³-hybridized carbons (Fsp3) is 0.417. The average molecular weight is 226 g/mol. The maximum absolute atomic E-state index is 13.2. The Bertz CT molecular complexity index is 326. The van der Waals surface area contributed by atoms with Crippen molar-refractivity contribution in [3.63, 3.8) is 0 Å². The molecule has 2 unspecified atom stereocenters. The molecule has 0 aliphatic heterocycles. The summed E-state index contributed by atoms with van der Waals surface area (Å²) in [6.45, 7) is 1.70. The molecule has 0 aliphatic carbocycles. The van der Waals surface area contributed by atoms with Crippen molar-refractivity contribution in [1.82, 2.24) is 0 Å². The summed E-state index contributed by atoms with van der Waals surface area (Å²) in [6, 6.07) is 9.10. The van der Waals surface area contributed by atoms with Crippen LogP contribution in [0.25, 0.3) is 0 Å². The molecule has 2 atom stereocenters. The molecule has 1 aromatic carbocycles. The van der Waals surface area contributed by atoms with Crippen LogP contribution < -0.4 is 0 Å². The molecule has 0 spiro atoms. The molecule has 0 fully saturated rings. The van der Waals surface area contributed by atoms with Gasteiger partial charge in [-0.1, -0.05) is 37.3 Å². The lowest BCUT2D eigenvalue weighted by Gasteiger charge is -2.16. The molecule has 16 heavy (non-hydrogen) atoms. The smallest absolute Gasteiger partial charge is 0.335 e. The summed E-state index contributed by atoms with van der Waals surface area (Å²) in [5, 5.41) is 8.79. The molecule has 0 aromatic heterocycles. The van der Waals surface area contributed by atoms with Crippen LogP contribution in [0.5, 0.6) is 0 Å². The third-order valence-corrected chi connectivity index (χ3v) is 2.23. The molecule has 0 saturated heterocycles. The van der Waals surface area contributed by atoms with Crippen LogP contribution in [0.2, 0.25) is 0 Å². The van der Waals surface area contributed by atoms with Gasteiger partial charge >= 0.3 is 5.97 Å². The molecule has 3 nitrogen and oxygen atoms in total.